The minimum Gasteiger partial charge on any atom is -0.481 e. The van der Waals surface area contributed by atoms with Crippen molar-refractivity contribution < 1.29 is 62.8 Å². The first-order valence-corrected chi connectivity index (χ1v) is 22.2. The summed E-state index contributed by atoms with van der Waals surface area (Å²) in [4.78, 5) is 91.0. The molecule has 4 atom stereocenters. The topological polar surface area (TPSA) is 330 Å². The third kappa shape index (κ3) is 13.3. The molecule has 1 aromatic heterocycles. The Morgan fingerprint density at radius 1 is 0.708 bits per heavy atom. The number of ether oxygens (including phenoxy) is 3. The molecule has 0 unspecified atom stereocenters. The Hall–Kier alpha value is -8.83. The molecule has 2 fully saturated rings. The molecule has 0 spiro atoms. The average Bonchev–Trinajstić information content (AvgIpc) is 3.82. The number of carboxylic acids is 1. The van der Waals surface area contributed by atoms with Crippen molar-refractivity contribution in [2.45, 2.75) is 43.9 Å². The number of amides is 4. The summed E-state index contributed by atoms with van der Waals surface area (Å²) in [5.74, 6) is -4.84. The molecule has 0 bridgehead atoms. The second kappa shape index (κ2) is 23.7. The monoisotopic (exact) mass is 984 g/mol. The van der Waals surface area contributed by atoms with Gasteiger partial charge in [-0.15, -0.1) is 0 Å². The van der Waals surface area contributed by atoms with Crippen molar-refractivity contribution in [2.75, 3.05) is 46.7 Å². The largest absolute Gasteiger partial charge is 0.481 e. The molecule has 0 radical (unpaired) electrons. The first kappa shape index (κ1) is 51.0. The quantitative estimate of drug-likeness (QED) is 0.0392. The zero-order chi connectivity index (χ0) is 51.3. The van der Waals surface area contributed by atoms with Crippen molar-refractivity contribution in [3.05, 3.63) is 160 Å². The predicted octanol–water partition coefficient (Wildman–Crippen LogP) is 2.38. The number of benzene rings is 5. The van der Waals surface area contributed by atoms with Crippen molar-refractivity contribution in [3.63, 3.8) is 0 Å². The predicted molar refractivity (Wildman–Crippen MR) is 258 cm³/mol. The highest BCUT2D eigenvalue weighted by Crippen LogP contribution is 2.25. The number of aliphatic carboxylic acids is 1. The fourth-order valence-corrected chi connectivity index (χ4v) is 7.48. The number of rotatable bonds is 16. The van der Waals surface area contributed by atoms with Crippen LogP contribution in [0, 0.1) is 5.41 Å². The van der Waals surface area contributed by atoms with Gasteiger partial charge in [0, 0.05) is 47.0 Å². The van der Waals surface area contributed by atoms with Crippen molar-refractivity contribution in [3.8, 4) is 11.4 Å². The van der Waals surface area contributed by atoms with Crippen LogP contribution in [0.25, 0.3) is 11.4 Å². The maximum Gasteiger partial charge on any atom is 0.439 e. The van der Waals surface area contributed by atoms with E-state index in [4.69, 9.17) is 30.5 Å². The third-order valence-electron chi connectivity index (χ3n) is 11.1. The number of aliphatic hydroxyl groups excluding tert-OH is 2. The number of nitrogens with zero attached hydrogens (tertiary/aromatic N) is 3. The Balaban J connectivity index is 0.000000220. The van der Waals surface area contributed by atoms with E-state index in [0.717, 1.165) is 5.56 Å². The fourth-order valence-electron chi connectivity index (χ4n) is 7.48. The van der Waals surface area contributed by atoms with E-state index in [1.807, 2.05) is 30.3 Å². The van der Waals surface area contributed by atoms with Crippen LogP contribution in [0.3, 0.4) is 0 Å². The minimum absolute atomic E-state index is 0.0131. The van der Waals surface area contributed by atoms with Crippen molar-refractivity contribution in [1.29, 1.82) is 5.41 Å². The van der Waals surface area contributed by atoms with E-state index < -0.39 is 65.7 Å². The summed E-state index contributed by atoms with van der Waals surface area (Å²) < 4.78 is 20.7. The number of aromatic amines is 1. The number of carbonyl (C=O) groups is 6. The Kier molecular flexibility index (Phi) is 16.8. The summed E-state index contributed by atoms with van der Waals surface area (Å²) in [5, 5.41) is 46.1. The lowest BCUT2D eigenvalue weighted by Crippen LogP contribution is -2.55. The number of hydrogen-bond acceptors (Lipinski definition) is 15. The van der Waals surface area contributed by atoms with Crippen LogP contribution in [0.4, 0.5) is 22.7 Å². The van der Waals surface area contributed by atoms with Crippen LogP contribution in [0.5, 0.6) is 0 Å². The number of carbonyl (C=O) groups excluding carboxylic acids is 5. The summed E-state index contributed by atoms with van der Waals surface area (Å²) in [7, 11) is 0. The molecule has 22 heteroatoms. The van der Waals surface area contributed by atoms with Gasteiger partial charge in [-0.25, -0.2) is 4.79 Å². The molecule has 4 amide bonds. The Bertz CT molecular complexity index is 2980. The summed E-state index contributed by atoms with van der Waals surface area (Å²) in [6, 6.07) is 35.1. The highest BCUT2D eigenvalue weighted by Gasteiger charge is 2.41. The van der Waals surface area contributed by atoms with E-state index in [1.54, 1.807) is 84.9 Å². The van der Waals surface area contributed by atoms with Gasteiger partial charge in [-0.3, -0.25) is 43.7 Å². The highest BCUT2D eigenvalue weighted by molar-refractivity contribution is 6.05. The summed E-state index contributed by atoms with van der Waals surface area (Å²) in [6.07, 6.45) is -6.56. The molecule has 8 rings (SSSR count). The number of aliphatic hydroxyl groups is 2. The van der Waals surface area contributed by atoms with Gasteiger partial charge >= 0.3 is 17.7 Å². The zero-order valence-electron chi connectivity index (χ0n) is 38.1. The van der Waals surface area contributed by atoms with E-state index >= 15 is 0 Å². The molecule has 0 saturated carbocycles. The second-order valence-electron chi connectivity index (χ2n) is 16.2. The van der Waals surface area contributed by atoms with Gasteiger partial charge in [0.1, 0.15) is 12.4 Å². The van der Waals surface area contributed by atoms with Crippen LogP contribution in [0.1, 0.15) is 22.3 Å². The maximum atomic E-state index is 13.2. The van der Waals surface area contributed by atoms with Crippen molar-refractivity contribution in [2.24, 2.45) is 5.73 Å². The van der Waals surface area contributed by atoms with E-state index in [0.29, 0.717) is 45.0 Å². The highest BCUT2D eigenvalue weighted by atomic mass is 16.5. The van der Waals surface area contributed by atoms with Crippen LogP contribution in [-0.2, 0) is 62.4 Å². The van der Waals surface area contributed by atoms with Crippen molar-refractivity contribution in [1.82, 2.24) is 10.1 Å². The van der Waals surface area contributed by atoms with Gasteiger partial charge < -0.3 is 55.7 Å². The number of aromatic nitrogens is 2. The van der Waals surface area contributed by atoms with Gasteiger partial charge in [-0.05, 0) is 89.5 Å². The molecule has 9 N–H and O–H groups in total. The summed E-state index contributed by atoms with van der Waals surface area (Å²) in [6.45, 7) is 0.755. The molecule has 2 aliphatic rings. The van der Waals surface area contributed by atoms with Gasteiger partial charge in [-0.2, -0.15) is 0 Å². The van der Waals surface area contributed by atoms with Crippen molar-refractivity contribution >= 4 is 64.2 Å². The van der Waals surface area contributed by atoms with E-state index in [9.17, 15) is 43.8 Å². The lowest BCUT2D eigenvalue weighted by atomic mass is 10.1. The molecule has 22 nitrogen and oxygen atoms in total. The van der Waals surface area contributed by atoms with E-state index in [2.05, 4.69) is 25.3 Å². The number of morpholine rings is 2. The number of anilines is 4. The number of carboxylic acid groups (broad SMARTS) is 1. The second-order valence-corrected chi connectivity index (χ2v) is 16.2. The summed E-state index contributed by atoms with van der Waals surface area (Å²) >= 11 is 0. The van der Waals surface area contributed by atoms with Gasteiger partial charge in [0.2, 0.25) is 0 Å². The standard InChI is InChI=1S/C29H26N4O8.C21H22N4O6/c34-23(40-17-18-5-2-1-3-6-18)16-19-7-4-8-22(15-19)33-13-14-39-25(28(33)37)24(35)27(36)30-21-11-9-20(10-12-21)26-31-29(38)41-32-26;22-19(23)13-4-6-14(7-5-13)24-20(29)17(28)18-21(30)25(8-9-31-18)15-3-1-2-12(10-15)11-16(26)27/h1-12,15,24-25,35H,13-14,16-17H2,(H,30,36)(H,31,32,38);1-7,10,17-18,28H,8-9,11H2,(H3,22,23)(H,24,29)(H,26,27)/t24-,25-;17-,18-/m11/s1. The fraction of sp³-hybridized carbons (Fsp3) is 0.220. The number of H-pyrrole nitrogens is 1. The van der Waals surface area contributed by atoms with Gasteiger partial charge in [0.15, 0.2) is 30.2 Å². The van der Waals surface area contributed by atoms with Gasteiger partial charge in [0.25, 0.3) is 23.6 Å². The molecular formula is C50H48N8O14. The Morgan fingerprint density at radius 2 is 1.21 bits per heavy atom. The van der Waals surface area contributed by atoms with Gasteiger partial charge in [0.05, 0.1) is 26.1 Å². The molecule has 5 aromatic carbocycles. The smallest absolute Gasteiger partial charge is 0.439 e. The third-order valence-corrected chi connectivity index (χ3v) is 11.1. The zero-order valence-corrected chi connectivity index (χ0v) is 38.1. The number of hydrogen-bond donors (Lipinski definition) is 8. The van der Waals surface area contributed by atoms with Crippen LogP contribution in [0.2, 0.25) is 0 Å². The lowest BCUT2D eigenvalue weighted by molar-refractivity contribution is -0.150. The molecule has 3 heterocycles. The number of esters is 1. The van der Waals surface area contributed by atoms with Crippen LogP contribution < -0.4 is 31.9 Å². The number of nitrogens with one attached hydrogen (secondary N) is 4. The molecule has 2 aliphatic heterocycles. The maximum absolute atomic E-state index is 13.2. The number of amidine groups is 1. The normalized spacial score (nSPS) is 16.4. The first-order chi connectivity index (χ1) is 34.6. The molecule has 0 aliphatic carbocycles. The Labute approximate surface area is 409 Å². The first-order valence-electron chi connectivity index (χ1n) is 22.2. The number of nitrogen functional groups attached to an aromatic ring is 1. The molecule has 2 saturated heterocycles. The molecule has 372 valence electrons. The van der Waals surface area contributed by atoms with E-state index in [-0.39, 0.29) is 57.4 Å². The molecule has 72 heavy (non-hydrogen) atoms. The van der Waals surface area contributed by atoms with Crippen LogP contribution in [0.15, 0.2) is 137 Å². The lowest BCUT2D eigenvalue weighted by Gasteiger charge is -2.34. The van der Waals surface area contributed by atoms with Crippen LogP contribution >= 0.6 is 0 Å². The average molecular weight is 985 g/mol. The Morgan fingerprint density at radius 3 is 1.69 bits per heavy atom. The molecular weight excluding hydrogens is 937 g/mol. The number of nitrogens with two attached hydrogens (primary N) is 1. The SMILES string of the molecule is N=C(N)c1ccc(NC(=O)[C@H](O)[C@H]2OCCN(c3cccc(CC(=O)O)c3)C2=O)cc1.O=C(Cc1cccc(N2CCO[C@H]([C@@H](O)C(=O)Nc3ccc(-c4noc(=O)[nH]4)cc3)C2=O)c1)OCc1ccccc1. The van der Waals surface area contributed by atoms with Crippen LogP contribution in [-0.4, -0.2) is 118 Å². The van der Waals surface area contributed by atoms with Gasteiger partial charge in [-0.1, -0.05) is 59.8 Å². The molecule has 6 aromatic rings. The minimum atomic E-state index is -1.78. The van der Waals surface area contributed by atoms with E-state index in [1.165, 1.54) is 21.9 Å². The summed E-state index contributed by atoms with van der Waals surface area (Å²) in [5.41, 5.74) is 10.1.